The van der Waals surface area contributed by atoms with Gasteiger partial charge in [-0.2, -0.15) is 0 Å². The highest BCUT2D eigenvalue weighted by Gasteiger charge is 2.21. The second kappa shape index (κ2) is 8.80. The normalized spacial score (nSPS) is 27.7. The minimum Gasteiger partial charge on any atom is -0.343 e. The zero-order chi connectivity index (χ0) is 12.8. The van der Waals surface area contributed by atoms with Crippen molar-refractivity contribution in [3.05, 3.63) is 0 Å². The summed E-state index contributed by atoms with van der Waals surface area (Å²) < 4.78 is 0. The van der Waals surface area contributed by atoms with Gasteiger partial charge in [0.15, 0.2) is 0 Å². The maximum absolute atomic E-state index is 12.2. The Bertz CT molecular complexity index is 267. The summed E-state index contributed by atoms with van der Waals surface area (Å²) in [5.74, 6) is 1.99. The van der Waals surface area contributed by atoms with Crippen molar-refractivity contribution < 1.29 is 4.79 Å². The zero-order valence-corrected chi connectivity index (χ0v) is 13.0. The van der Waals surface area contributed by atoms with Gasteiger partial charge in [0.25, 0.3) is 0 Å². The van der Waals surface area contributed by atoms with E-state index in [0.29, 0.717) is 5.91 Å². The molecule has 2 aliphatic rings. The van der Waals surface area contributed by atoms with Gasteiger partial charge in [0.1, 0.15) is 0 Å². The summed E-state index contributed by atoms with van der Waals surface area (Å²) in [6, 6.07) is 0. The van der Waals surface area contributed by atoms with E-state index in [1.54, 1.807) is 0 Å². The first-order valence-electron chi connectivity index (χ1n) is 7.78. The minimum atomic E-state index is 0. The topological polar surface area (TPSA) is 32.3 Å². The molecule has 0 spiro atoms. The van der Waals surface area contributed by atoms with Crippen molar-refractivity contribution in [2.75, 3.05) is 26.2 Å². The molecule has 0 aromatic heterocycles. The Labute approximate surface area is 123 Å². The van der Waals surface area contributed by atoms with Crippen LogP contribution < -0.4 is 5.32 Å². The van der Waals surface area contributed by atoms with Crippen LogP contribution in [-0.2, 0) is 4.79 Å². The lowest BCUT2D eigenvalue weighted by atomic mass is 9.98. The van der Waals surface area contributed by atoms with Gasteiger partial charge in [0.05, 0.1) is 0 Å². The lowest BCUT2D eigenvalue weighted by Gasteiger charge is -2.21. The number of amides is 1. The highest BCUT2D eigenvalue weighted by atomic mass is 35.5. The molecule has 0 aromatic rings. The van der Waals surface area contributed by atoms with Crippen molar-refractivity contribution >= 4 is 18.3 Å². The minimum absolute atomic E-state index is 0. The molecule has 0 aliphatic carbocycles. The monoisotopic (exact) mass is 288 g/mol. The van der Waals surface area contributed by atoms with Gasteiger partial charge in [-0.05, 0) is 57.0 Å². The fourth-order valence-electron chi connectivity index (χ4n) is 3.27. The van der Waals surface area contributed by atoms with Crippen molar-refractivity contribution in [1.29, 1.82) is 0 Å². The molecule has 2 atom stereocenters. The summed E-state index contributed by atoms with van der Waals surface area (Å²) in [7, 11) is 0. The maximum Gasteiger partial charge on any atom is 0.222 e. The first kappa shape index (κ1) is 16.8. The summed E-state index contributed by atoms with van der Waals surface area (Å²) in [6.07, 6.45) is 8.11. The van der Waals surface area contributed by atoms with Crippen LogP contribution in [0.15, 0.2) is 0 Å². The van der Waals surface area contributed by atoms with Crippen LogP contribution >= 0.6 is 12.4 Å². The fraction of sp³-hybridized carbons (Fsp3) is 0.933. The summed E-state index contributed by atoms with van der Waals surface area (Å²) in [6.45, 7) is 6.53. The molecule has 112 valence electrons. The van der Waals surface area contributed by atoms with Gasteiger partial charge >= 0.3 is 0 Å². The molecule has 2 unspecified atom stereocenters. The summed E-state index contributed by atoms with van der Waals surface area (Å²) in [4.78, 5) is 14.3. The van der Waals surface area contributed by atoms with Crippen LogP contribution in [0.5, 0.6) is 0 Å². The van der Waals surface area contributed by atoms with Crippen LogP contribution in [0.4, 0.5) is 0 Å². The van der Waals surface area contributed by atoms with Crippen LogP contribution in [0, 0.1) is 11.8 Å². The molecule has 2 saturated heterocycles. The van der Waals surface area contributed by atoms with E-state index in [2.05, 4.69) is 17.1 Å². The van der Waals surface area contributed by atoms with Gasteiger partial charge in [-0.1, -0.05) is 13.3 Å². The van der Waals surface area contributed by atoms with Crippen molar-refractivity contribution in [2.45, 2.75) is 51.9 Å². The van der Waals surface area contributed by atoms with Gasteiger partial charge in [0.2, 0.25) is 5.91 Å². The Morgan fingerprint density at radius 3 is 2.74 bits per heavy atom. The standard InChI is InChI=1S/C15H28N2O.ClH/c1-2-13-4-3-10-17(11-8-13)15(18)6-5-14-7-9-16-12-14;/h13-14,16H,2-12H2,1H3;1H. The first-order valence-corrected chi connectivity index (χ1v) is 7.78. The van der Waals surface area contributed by atoms with Crippen molar-refractivity contribution in [1.82, 2.24) is 10.2 Å². The average Bonchev–Trinajstić information content (AvgIpc) is 2.79. The molecule has 0 bridgehead atoms. The summed E-state index contributed by atoms with van der Waals surface area (Å²) in [5, 5.41) is 3.37. The highest BCUT2D eigenvalue weighted by molar-refractivity contribution is 5.85. The molecule has 4 heteroatoms. The Morgan fingerprint density at radius 1 is 1.21 bits per heavy atom. The SMILES string of the molecule is CCC1CCCN(C(=O)CCC2CCNC2)CC1.Cl. The van der Waals surface area contributed by atoms with Crippen LogP contribution in [-0.4, -0.2) is 37.0 Å². The predicted octanol–water partition coefficient (Wildman–Crippen LogP) is 2.84. The molecule has 2 heterocycles. The van der Waals surface area contributed by atoms with E-state index in [-0.39, 0.29) is 12.4 Å². The Morgan fingerprint density at radius 2 is 2.05 bits per heavy atom. The lowest BCUT2D eigenvalue weighted by Crippen LogP contribution is -2.32. The van der Waals surface area contributed by atoms with Gasteiger partial charge in [-0.15, -0.1) is 12.4 Å². The van der Waals surface area contributed by atoms with Gasteiger partial charge in [-0.25, -0.2) is 0 Å². The van der Waals surface area contributed by atoms with E-state index in [1.807, 2.05) is 0 Å². The first-order chi connectivity index (χ1) is 8.79. The molecule has 0 saturated carbocycles. The Balaban J connectivity index is 0.00000180. The highest BCUT2D eigenvalue weighted by Crippen LogP contribution is 2.21. The molecule has 2 rings (SSSR count). The number of carbonyl (C=O) groups excluding carboxylic acids is 1. The molecular formula is C15H29ClN2O. The number of halogens is 1. The number of rotatable bonds is 4. The fourth-order valence-corrected chi connectivity index (χ4v) is 3.27. The zero-order valence-electron chi connectivity index (χ0n) is 12.2. The number of nitrogens with one attached hydrogen (secondary N) is 1. The molecule has 19 heavy (non-hydrogen) atoms. The third-order valence-corrected chi connectivity index (χ3v) is 4.71. The third-order valence-electron chi connectivity index (χ3n) is 4.71. The van der Waals surface area contributed by atoms with Crippen LogP contribution in [0.1, 0.15) is 51.9 Å². The van der Waals surface area contributed by atoms with E-state index in [0.717, 1.165) is 50.9 Å². The Hall–Kier alpha value is -0.280. The Kier molecular flexibility index (Phi) is 7.77. The average molecular weight is 289 g/mol. The molecule has 2 aliphatic heterocycles. The van der Waals surface area contributed by atoms with Crippen molar-refractivity contribution in [3.63, 3.8) is 0 Å². The molecule has 3 nitrogen and oxygen atoms in total. The van der Waals surface area contributed by atoms with Gasteiger partial charge in [-0.3, -0.25) is 4.79 Å². The van der Waals surface area contributed by atoms with Crippen LogP contribution in [0.3, 0.4) is 0 Å². The van der Waals surface area contributed by atoms with Gasteiger partial charge in [0, 0.05) is 19.5 Å². The van der Waals surface area contributed by atoms with E-state index in [9.17, 15) is 4.79 Å². The smallest absolute Gasteiger partial charge is 0.222 e. The predicted molar refractivity (Wildman–Crippen MR) is 81.7 cm³/mol. The summed E-state index contributed by atoms with van der Waals surface area (Å²) >= 11 is 0. The molecule has 1 amide bonds. The van der Waals surface area contributed by atoms with Crippen molar-refractivity contribution in [3.8, 4) is 0 Å². The van der Waals surface area contributed by atoms with Gasteiger partial charge < -0.3 is 10.2 Å². The lowest BCUT2D eigenvalue weighted by molar-refractivity contribution is -0.131. The molecular weight excluding hydrogens is 260 g/mol. The third kappa shape index (κ3) is 5.31. The molecule has 0 aromatic carbocycles. The van der Waals surface area contributed by atoms with Crippen molar-refractivity contribution in [2.24, 2.45) is 11.8 Å². The molecule has 0 radical (unpaired) electrons. The largest absolute Gasteiger partial charge is 0.343 e. The van der Waals surface area contributed by atoms with E-state index >= 15 is 0 Å². The number of hydrogen-bond acceptors (Lipinski definition) is 2. The molecule has 1 N–H and O–H groups in total. The van der Waals surface area contributed by atoms with E-state index < -0.39 is 0 Å². The molecule has 2 fully saturated rings. The number of likely N-dealkylation sites (tertiary alicyclic amines) is 1. The maximum atomic E-state index is 12.2. The number of hydrogen-bond donors (Lipinski definition) is 1. The van der Waals surface area contributed by atoms with E-state index in [4.69, 9.17) is 0 Å². The van der Waals surface area contributed by atoms with Crippen LogP contribution in [0.2, 0.25) is 0 Å². The van der Waals surface area contributed by atoms with Crippen LogP contribution in [0.25, 0.3) is 0 Å². The number of nitrogens with zero attached hydrogens (tertiary/aromatic N) is 1. The van der Waals surface area contributed by atoms with E-state index in [1.165, 1.54) is 32.1 Å². The second-order valence-corrected chi connectivity index (χ2v) is 5.98. The summed E-state index contributed by atoms with van der Waals surface area (Å²) in [5.41, 5.74) is 0. The number of carbonyl (C=O) groups is 1. The second-order valence-electron chi connectivity index (χ2n) is 5.98. The quantitative estimate of drug-likeness (QED) is 0.863.